The van der Waals surface area contributed by atoms with Gasteiger partial charge >= 0.3 is 0 Å². The lowest BCUT2D eigenvalue weighted by Crippen LogP contribution is -2.30. The van der Waals surface area contributed by atoms with Crippen molar-refractivity contribution in [2.45, 2.75) is 121 Å². The number of aryl methyl sites for hydroxylation is 12. The molecule has 0 saturated heterocycles. The van der Waals surface area contributed by atoms with Crippen LogP contribution in [0.5, 0.6) is 0 Å². The topological polar surface area (TPSA) is 6.48 Å². The van der Waals surface area contributed by atoms with Gasteiger partial charge in [0.05, 0.1) is 0 Å². The van der Waals surface area contributed by atoms with Crippen molar-refractivity contribution < 1.29 is 0 Å². The molecule has 1 aliphatic rings. The quantitative estimate of drug-likeness (QED) is 0.153. The van der Waals surface area contributed by atoms with Gasteiger partial charge < -0.3 is 9.80 Å². The summed E-state index contributed by atoms with van der Waals surface area (Å²) in [5, 5.41) is 0. The maximum absolute atomic E-state index is 2.49. The minimum absolute atomic E-state index is 0.0234. The molecule has 0 amide bonds. The second-order valence-electron chi connectivity index (χ2n) is 17.3. The summed E-state index contributed by atoms with van der Waals surface area (Å²) in [4.78, 5) is 4.99. The molecule has 1 fully saturated rings. The fourth-order valence-electron chi connectivity index (χ4n) is 9.32. The molecule has 0 aromatic heterocycles. The highest BCUT2D eigenvalue weighted by atomic mass is 15.2. The van der Waals surface area contributed by atoms with Gasteiger partial charge in [0.15, 0.2) is 0 Å². The van der Waals surface area contributed by atoms with Crippen LogP contribution < -0.4 is 9.80 Å². The van der Waals surface area contributed by atoms with E-state index in [9.17, 15) is 0 Å². The second-order valence-corrected chi connectivity index (χ2v) is 17.3. The molecule has 6 aromatic carbocycles. The van der Waals surface area contributed by atoms with Gasteiger partial charge in [0.2, 0.25) is 0 Å². The van der Waals surface area contributed by atoms with Crippen LogP contribution in [0.1, 0.15) is 110 Å². The molecule has 7 rings (SSSR count). The first-order valence-corrected chi connectivity index (χ1v) is 20.8. The molecule has 1 saturated carbocycles. The van der Waals surface area contributed by atoms with Crippen LogP contribution in [0.25, 0.3) is 0 Å². The molecule has 0 radical (unpaired) electrons. The van der Waals surface area contributed by atoms with Crippen LogP contribution in [-0.4, -0.2) is 0 Å². The molecule has 2 heteroatoms. The average Bonchev–Trinajstić information content (AvgIpc) is 3.17. The molecular weight excluding hydrogens is 677 g/mol. The van der Waals surface area contributed by atoms with Crippen molar-refractivity contribution in [3.8, 4) is 0 Å². The maximum atomic E-state index is 2.49. The van der Waals surface area contributed by atoms with Gasteiger partial charge in [-0.15, -0.1) is 0 Å². The minimum atomic E-state index is -0.0234. The first-order valence-electron chi connectivity index (χ1n) is 20.8. The van der Waals surface area contributed by atoms with Crippen molar-refractivity contribution in [1.29, 1.82) is 0 Å². The molecule has 1 aliphatic carbocycles. The summed E-state index contributed by atoms with van der Waals surface area (Å²) >= 11 is 0. The van der Waals surface area contributed by atoms with E-state index in [-0.39, 0.29) is 5.41 Å². The standard InChI is InChI=1S/C54H62N2/c1-34-26-42(9)50(30-38(34)5)55(51-31-39(6)35(2)27-43(51)10)48-20-16-46(17-21-48)54(24-14-13-15-25-54)47-18-22-49(23-19-47)56(52-32-40(7)36(3)28-44(52)11)53-33-41(8)37(4)29-45(53)12/h16-23,26-33H,13-15,24-25H2,1-12H3. The van der Waals surface area contributed by atoms with Gasteiger partial charge in [0.1, 0.15) is 0 Å². The number of anilines is 6. The monoisotopic (exact) mass is 738 g/mol. The van der Waals surface area contributed by atoms with Gasteiger partial charge in [-0.25, -0.2) is 0 Å². The summed E-state index contributed by atoms with van der Waals surface area (Å²) in [6, 6.07) is 38.2. The van der Waals surface area contributed by atoms with E-state index in [1.165, 1.54) is 131 Å². The molecule has 0 unspecified atom stereocenters. The fourth-order valence-corrected chi connectivity index (χ4v) is 9.32. The van der Waals surface area contributed by atoms with E-state index in [1.807, 2.05) is 0 Å². The third-order valence-electron chi connectivity index (χ3n) is 13.3. The van der Waals surface area contributed by atoms with Gasteiger partial charge in [-0.1, -0.05) is 67.8 Å². The zero-order chi connectivity index (χ0) is 40.1. The Morgan fingerprint density at radius 2 is 0.554 bits per heavy atom. The van der Waals surface area contributed by atoms with Crippen LogP contribution in [-0.2, 0) is 5.41 Å². The van der Waals surface area contributed by atoms with Crippen LogP contribution in [0.4, 0.5) is 34.1 Å². The Hall–Kier alpha value is -5.08. The molecule has 288 valence electrons. The van der Waals surface area contributed by atoms with Gasteiger partial charge in [-0.3, -0.25) is 0 Å². The highest BCUT2D eigenvalue weighted by Gasteiger charge is 2.36. The van der Waals surface area contributed by atoms with Crippen molar-refractivity contribution in [3.05, 3.63) is 175 Å². The number of nitrogens with zero attached hydrogens (tertiary/aromatic N) is 2. The number of hydrogen-bond acceptors (Lipinski definition) is 2. The normalized spacial score (nSPS) is 13.9. The van der Waals surface area contributed by atoms with Crippen LogP contribution >= 0.6 is 0 Å². The summed E-state index contributed by atoms with van der Waals surface area (Å²) in [5.74, 6) is 0. The predicted molar refractivity (Wildman–Crippen MR) is 243 cm³/mol. The number of benzene rings is 6. The number of rotatable bonds is 8. The van der Waals surface area contributed by atoms with E-state index >= 15 is 0 Å². The first-order chi connectivity index (χ1) is 26.7. The Bertz CT molecular complexity index is 2130. The third kappa shape index (κ3) is 7.20. The Kier molecular flexibility index (Phi) is 10.8. The lowest BCUT2D eigenvalue weighted by Gasteiger charge is -2.39. The maximum Gasteiger partial charge on any atom is 0.0493 e. The zero-order valence-corrected chi connectivity index (χ0v) is 36.2. The Balaban J connectivity index is 1.32. The largest absolute Gasteiger partial charge is 0.310 e. The van der Waals surface area contributed by atoms with Crippen molar-refractivity contribution in [1.82, 2.24) is 0 Å². The summed E-state index contributed by atoms with van der Waals surface area (Å²) < 4.78 is 0. The fraction of sp³-hybridized carbons (Fsp3) is 0.333. The molecule has 0 atom stereocenters. The summed E-state index contributed by atoms with van der Waals surface area (Å²) in [6.45, 7) is 26.8. The van der Waals surface area contributed by atoms with Gasteiger partial charge in [-0.05, 0) is 222 Å². The Labute approximate surface area is 338 Å². The second kappa shape index (κ2) is 15.5. The Morgan fingerprint density at radius 1 is 0.304 bits per heavy atom. The van der Waals surface area contributed by atoms with E-state index in [0.29, 0.717) is 0 Å². The molecule has 0 N–H and O–H groups in total. The molecule has 0 aliphatic heterocycles. The molecule has 56 heavy (non-hydrogen) atoms. The van der Waals surface area contributed by atoms with Gasteiger partial charge in [0.25, 0.3) is 0 Å². The third-order valence-corrected chi connectivity index (χ3v) is 13.3. The highest BCUT2D eigenvalue weighted by molar-refractivity contribution is 5.83. The SMILES string of the molecule is Cc1cc(C)c(N(c2ccc(C3(c4ccc(N(c5cc(C)c(C)cc5C)c5cc(C)c(C)cc5C)cc4)CCCCC3)cc2)c2cc(C)c(C)cc2C)cc1C. The summed E-state index contributed by atoms with van der Waals surface area (Å²) in [7, 11) is 0. The van der Waals surface area contributed by atoms with Crippen LogP contribution in [0.3, 0.4) is 0 Å². The molecule has 6 aromatic rings. The molecule has 0 heterocycles. The zero-order valence-electron chi connectivity index (χ0n) is 36.2. The molecule has 0 spiro atoms. The van der Waals surface area contributed by atoms with Crippen LogP contribution in [0, 0.1) is 83.1 Å². The van der Waals surface area contributed by atoms with E-state index in [1.54, 1.807) is 0 Å². The van der Waals surface area contributed by atoms with Crippen molar-refractivity contribution in [2.75, 3.05) is 9.80 Å². The Morgan fingerprint density at radius 3 is 0.821 bits per heavy atom. The number of hydrogen-bond donors (Lipinski definition) is 0. The highest BCUT2D eigenvalue weighted by Crippen LogP contribution is 2.48. The first kappa shape index (κ1) is 39.2. The predicted octanol–water partition coefficient (Wildman–Crippen LogP) is 15.6. The van der Waals surface area contributed by atoms with Crippen LogP contribution in [0.2, 0.25) is 0 Å². The van der Waals surface area contributed by atoms with Crippen molar-refractivity contribution >= 4 is 34.1 Å². The molecular formula is C54H62N2. The summed E-state index contributed by atoms with van der Waals surface area (Å²) in [6.07, 6.45) is 6.12. The van der Waals surface area contributed by atoms with Gasteiger partial charge in [0, 0.05) is 39.5 Å². The van der Waals surface area contributed by atoms with Crippen molar-refractivity contribution in [2.24, 2.45) is 0 Å². The van der Waals surface area contributed by atoms with E-state index < -0.39 is 0 Å². The van der Waals surface area contributed by atoms with E-state index in [0.717, 1.165) is 12.8 Å². The lowest BCUT2D eigenvalue weighted by atomic mass is 9.65. The molecule has 0 bridgehead atoms. The van der Waals surface area contributed by atoms with Crippen molar-refractivity contribution in [3.63, 3.8) is 0 Å². The smallest absolute Gasteiger partial charge is 0.0493 e. The minimum Gasteiger partial charge on any atom is -0.310 e. The van der Waals surface area contributed by atoms with E-state index in [2.05, 4.69) is 190 Å². The van der Waals surface area contributed by atoms with Gasteiger partial charge in [-0.2, -0.15) is 0 Å². The average molecular weight is 739 g/mol. The van der Waals surface area contributed by atoms with E-state index in [4.69, 9.17) is 0 Å². The molecule has 2 nitrogen and oxygen atoms in total. The lowest BCUT2D eigenvalue weighted by molar-refractivity contribution is 0.346. The summed E-state index contributed by atoms with van der Waals surface area (Å²) in [5.41, 5.74) is 26.0. The van der Waals surface area contributed by atoms with Crippen LogP contribution in [0.15, 0.2) is 97.1 Å².